The lowest BCUT2D eigenvalue weighted by molar-refractivity contribution is 1.75. The fraction of sp³-hybridized carbons (Fsp3) is 0. The molecule has 0 bridgehead atoms. The van der Waals surface area contributed by atoms with E-state index in [1.54, 1.807) is 0 Å². The van der Waals surface area contributed by atoms with Crippen LogP contribution < -0.4 is 6.15 Å². The molecular weight excluding hydrogens is 145 g/mol. The van der Waals surface area contributed by atoms with Crippen LogP contribution in [-0.2, 0) is 0 Å². The van der Waals surface area contributed by atoms with Gasteiger partial charge in [-0.25, -0.2) is 0 Å². The molecule has 2 rings (SSSR count). The minimum Gasteiger partial charge on any atom is -0.0616 e. The fourth-order valence-corrected chi connectivity index (χ4v) is 1.13. The summed E-state index contributed by atoms with van der Waals surface area (Å²) in [5.41, 5.74) is 0. The van der Waals surface area contributed by atoms with E-state index in [0.717, 1.165) is 0 Å². The molecule has 0 N–H and O–H groups in total. The maximum absolute atomic E-state index is 2.12. The van der Waals surface area contributed by atoms with Crippen molar-refractivity contribution in [3.63, 3.8) is 0 Å². The third kappa shape index (κ3) is 1.86. The van der Waals surface area contributed by atoms with Crippen molar-refractivity contribution in [2.45, 2.75) is 0 Å². The van der Waals surface area contributed by atoms with E-state index in [2.05, 4.69) is 48.5 Å². The van der Waals surface area contributed by atoms with E-state index in [9.17, 15) is 0 Å². The minimum absolute atomic E-state index is 0. The van der Waals surface area contributed by atoms with E-state index in [4.69, 9.17) is 0 Å². The molecule has 0 aliphatic rings. The second kappa shape index (κ2) is 4.57. The molecule has 0 saturated carbocycles. The number of rotatable bonds is 0. The Morgan fingerprint density at radius 1 is 0.583 bits per heavy atom. The lowest BCUT2D eigenvalue weighted by Crippen LogP contribution is -1.67. The van der Waals surface area contributed by atoms with Crippen molar-refractivity contribution in [1.29, 1.82) is 0 Å². The maximum atomic E-state index is 2.12. The first-order chi connectivity index (χ1) is 4.97. The van der Waals surface area contributed by atoms with Gasteiger partial charge in [0.1, 0.15) is 0 Å². The fourth-order valence-electron chi connectivity index (χ4n) is 1.13. The normalized spacial score (nSPS) is 8.33. The van der Waals surface area contributed by atoms with Gasteiger partial charge in [-0.1, -0.05) is 48.5 Å². The third-order valence-electron chi connectivity index (χ3n) is 1.66. The Kier molecular flexibility index (Phi) is 4.09. The summed E-state index contributed by atoms with van der Waals surface area (Å²) in [4.78, 5) is 0. The van der Waals surface area contributed by atoms with Crippen molar-refractivity contribution in [3.05, 3.63) is 48.5 Å². The molecule has 0 aliphatic carbocycles. The second-order valence-electron chi connectivity index (χ2n) is 2.35. The molecule has 2 aromatic carbocycles. The molecule has 0 fully saturated rings. The van der Waals surface area contributed by atoms with Crippen molar-refractivity contribution < 1.29 is 0 Å². The molecule has 0 heterocycles. The number of hydrogen-bond donors (Lipinski definition) is 0. The van der Waals surface area contributed by atoms with E-state index >= 15 is 0 Å². The first kappa shape index (κ1) is 10.7. The molecule has 0 atom stereocenters. The van der Waals surface area contributed by atoms with Crippen molar-refractivity contribution in [2.24, 2.45) is 0 Å². The predicted molar refractivity (Wildman–Crippen MR) is 51.8 cm³/mol. The van der Waals surface area contributed by atoms with Crippen LogP contribution >= 0.6 is 0 Å². The zero-order valence-corrected chi connectivity index (χ0v) is 6.64. The van der Waals surface area contributed by atoms with Crippen LogP contribution in [0.15, 0.2) is 48.5 Å². The van der Waals surface area contributed by atoms with Gasteiger partial charge in [0.2, 0.25) is 0 Å². The maximum Gasteiger partial charge on any atom is 0 e. The molecule has 56 valence electrons. The second-order valence-corrected chi connectivity index (χ2v) is 2.35. The molecule has 1 nitrogen and oxygen atoms in total. The summed E-state index contributed by atoms with van der Waals surface area (Å²) in [6, 6.07) is 16.7. The molecule has 0 saturated heterocycles. The summed E-state index contributed by atoms with van der Waals surface area (Å²) in [5.74, 6) is 0. The smallest absolute Gasteiger partial charge is 0 e. The summed E-state index contributed by atoms with van der Waals surface area (Å²) in [6.45, 7) is 0. The van der Waals surface area contributed by atoms with Crippen LogP contribution in [0.1, 0.15) is 0 Å². The SMILES string of the molecule is [B].[N].c1ccc2ccccc2c1. The van der Waals surface area contributed by atoms with Gasteiger partial charge < -0.3 is 0 Å². The van der Waals surface area contributed by atoms with Gasteiger partial charge in [0.15, 0.2) is 0 Å². The minimum atomic E-state index is 0. The van der Waals surface area contributed by atoms with Gasteiger partial charge in [-0.2, -0.15) is 0 Å². The van der Waals surface area contributed by atoms with Crippen LogP contribution in [0, 0.1) is 0 Å². The Bertz CT molecular complexity index is 281. The lowest BCUT2D eigenvalue weighted by Gasteiger charge is -1.92. The predicted octanol–water partition coefficient (Wildman–Crippen LogP) is 1.98. The van der Waals surface area contributed by atoms with E-state index in [-0.39, 0.29) is 14.6 Å². The average molecular weight is 153 g/mol. The highest BCUT2D eigenvalue weighted by molar-refractivity contribution is 5.81. The number of fused-ring (bicyclic) bond motifs is 1. The average Bonchev–Trinajstić information content (AvgIpc) is 2.05. The van der Waals surface area contributed by atoms with Gasteiger partial charge in [-0.15, -0.1) is 0 Å². The highest BCUT2D eigenvalue weighted by Crippen LogP contribution is 2.11. The highest BCUT2D eigenvalue weighted by atomic mass is 14.0. The van der Waals surface area contributed by atoms with Crippen LogP contribution in [0.2, 0.25) is 0 Å². The van der Waals surface area contributed by atoms with Crippen LogP contribution in [-0.4, -0.2) is 8.41 Å². The largest absolute Gasteiger partial charge is 0.0616 e. The highest BCUT2D eigenvalue weighted by Gasteiger charge is 1.85. The van der Waals surface area contributed by atoms with Gasteiger partial charge in [0.05, 0.1) is 0 Å². The Labute approximate surface area is 74.6 Å². The van der Waals surface area contributed by atoms with Gasteiger partial charge in [-0.3, -0.25) is 0 Å². The summed E-state index contributed by atoms with van der Waals surface area (Å²) in [6.07, 6.45) is 0. The molecular formula is C10H8BN. The first-order valence-corrected chi connectivity index (χ1v) is 3.40. The molecule has 0 aliphatic heterocycles. The Balaban J connectivity index is 0.000000605. The Hall–Kier alpha value is -1.28. The number of hydrogen-bond acceptors (Lipinski definition) is 0. The quantitative estimate of drug-likeness (QED) is 0.518. The molecule has 12 heavy (non-hydrogen) atoms. The molecule has 0 amide bonds. The van der Waals surface area contributed by atoms with Crippen molar-refractivity contribution >= 4 is 19.2 Å². The van der Waals surface area contributed by atoms with Crippen LogP contribution in [0.5, 0.6) is 0 Å². The van der Waals surface area contributed by atoms with E-state index in [1.165, 1.54) is 10.8 Å². The monoisotopic (exact) mass is 153 g/mol. The number of nitrogens with zero attached hydrogens (tertiary/aromatic N) is 1. The van der Waals surface area contributed by atoms with Gasteiger partial charge in [-0.05, 0) is 10.8 Å². The van der Waals surface area contributed by atoms with E-state index in [1.807, 2.05) is 0 Å². The van der Waals surface area contributed by atoms with E-state index in [0.29, 0.717) is 0 Å². The van der Waals surface area contributed by atoms with Crippen molar-refractivity contribution in [3.8, 4) is 0 Å². The zero-order valence-electron chi connectivity index (χ0n) is 6.64. The van der Waals surface area contributed by atoms with Crippen LogP contribution in [0.3, 0.4) is 0 Å². The van der Waals surface area contributed by atoms with E-state index < -0.39 is 0 Å². The van der Waals surface area contributed by atoms with Crippen LogP contribution in [0.4, 0.5) is 0 Å². The van der Waals surface area contributed by atoms with Gasteiger partial charge in [0.25, 0.3) is 0 Å². The summed E-state index contributed by atoms with van der Waals surface area (Å²) < 4.78 is 0. The summed E-state index contributed by atoms with van der Waals surface area (Å²) >= 11 is 0. The van der Waals surface area contributed by atoms with Gasteiger partial charge >= 0.3 is 0 Å². The molecule has 0 spiro atoms. The molecule has 2 heteroatoms. The van der Waals surface area contributed by atoms with Crippen LogP contribution in [0.25, 0.3) is 10.8 Å². The third-order valence-corrected chi connectivity index (χ3v) is 1.66. The molecule has 6 radical (unpaired) electrons. The molecule has 0 aromatic heterocycles. The molecule has 2 aromatic rings. The lowest BCUT2D eigenvalue weighted by atomic mass is 10.1. The molecule has 0 unspecified atom stereocenters. The van der Waals surface area contributed by atoms with Crippen molar-refractivity contribution in [2.75, 3.05) is 0 Å². The first-order valence-electron chi connectivity index (χ1n) is 3.40. The van der Waals surface area contributed by atoms with Gasteiger partial charge in [0, 0.05) is 14.6 Å². The topological polar surface area (TPSA) is 30.5 Å². The summed E-state index contributed by atoms with van der Waals surface area (Å²) in [7, 11) is 0. The van der Waals surface area contributed by atoms with Crippen molar-refractivity contribution in [1.82, 2.24) is 6.15 Å². The summed E-state index contributed by atoms with van der Waals surface area (Å²) in [5, 5.41) is 2.62. The number of benzene rings is 2. The standard InChI is InChI=1S/C10H8.B.N/c1-2-6-10-8-4-3-7-9(10)5-1;;/h1-8H;;. The Morgan fingerprint density at radius 3 is 1.08 bits per heavy atom. The Morgan fingerprint density at radius 2 is 0.833 bits per heavy atom. The zero-order chi connectivity index (χ0) is 6.81.